The van der Waals surface area contributed by atoms with Crippen molar-refractivity contribution < 1.29 is 0 Å². The van der Waals surface area contributed by atoms with Crippen LogP contribution in [0.15, 0.2) is 79.6 Å². The van der Waals surface area contributed by atoms with E-state index in [2.05, 4.69) is 107 Å². The Hall–Kier alpha value is -3.41. The highest BCUT2D eigenvalue weighted by atomic mass is 15.1. The molecule has 0 unspecified atom stereocenters. The number of pyridine rings is 1. The van der Waals surface area contributed by atoms with Gasteiger partial charge < -0.3 is 9.88 Å². The van der Waals surface area contributed by atoms with Gasteiger partial charge in [0, 0.05) is 50.2 Å². The number of nitrogens with zero attached hydrogens (tertiary/aromatic N) is 4. The van der Waals surface area contributed by atoms with Gasteiger partial charge in [0.1, 0.15) is 5.65 Å². The maximum Gasteiger partial charge on any atom is 0.140 e. The van der Waals surface area contributed by atoms with Crippen molar-refractivity contribution >= 4 is 16.7 Å². The fraction of sp³-hybridized carbons (Fsp3) is 0.432. The highest BCUT2D eigenvalue weighted by molar-refractivity contribution is 5.80. The Bertz CT molecular complexity index is 1400. The van der Waals surface area contributed by atoms with Crippen LogP contribution >= 0.6 is 0 Å². The molecule has 1 aliphatic heterocycles. The van der Waals surface area contributed by atoms with Crippen LogP contribution in [-0.2, 0) is 19.6 Å². The Morgan fingerprint density at radius 2 is 1.69 bits per heavy atom. The molecule has 1 fully saturated rings. The van der Waals surface area contributed by atoms with Gasteiger partial charge in [0.05, 0.1) is 0 Å². The molecule has 224 valence electrons. The first-order valence-corrected chi connectivity index (χ1v) is 16.0. The van der Waals surface area contributed by atoms with Crippen LogP contribution in [0.25, 0.3) is 16.7 Å². The van der Waals surface area contributed by atoms with E-state index in [1.165, 1.54) is 53.4 Å². The molecule has 0 atom stereocenters. The lowest BCUT2D eigenvalue weighted by Gasteiger charge is -2.32. The summed E-state index contributed by atoms with van der Waals surface area (Å²) in [4.78, 5) is 9.96. The van der Waals surface area contributed by atoms with Gasteiger partial charge in [-0.25, -0.2) is 4.98 Å². The van der Waals surface area contributed by atoms with Crippen molar-refractivity contribution in [3.8, 4) is 0 Å². The topological polar surface area (TPSA) is 36.3 Å². The minimum Gasteiger partial charge on any atom is -0.388 e. The largest absolute Gasteiger partial charge is 0.388 e. The first-order valence-electron chi connectivity index (χ1n) is 16.0. The van der Waals surface area contributed by atoms with Crippen molar-refractivity contribution in [2.24, 2.45) is 0 Å². The molecule has 0 spiro atoms. The summed E-state index contributed by atoms with van der Waals surface area (Å²) in [7, 11) is 1.91. The summed E-state index contributed by atoms with van der Waals surface area (Å²) in [6.07, 6.45) is 7.80. The van der Waals surface area contributed by atoms with Gasteiger partial charge >= 0.3 is 0 Å². The quantitative estimate of drug-likeness (QED) is 0.189. The fourth-order valence-corrected chi connectivity index (χ4v) is 6.16. The molecular formula is C37H51N5. The number of piperidine rings is 1. The lowest BCUT2D eigenvalue weighted by atomic mass is 9.88. The van der Waals surface area contributed by atoms with Gasteiger partial charge in [-0.15, -0.1) is 0 Å². The van der Waals surface area contributed by atoms with Crippen LogP contribution in [0.4, 0.5) is 0 Å². The second-order valence-electron chi connectivity index (χ2n) is 11.2. The average molecular weight is 566 g/mol. The van der Waals surface area contributed by atoms with Crippen molar-refractivity contribution in [1.82, 2.24) is 24.7 Å². The molecule has 2 aromatic carbocycles. The molecule has 0 radical (unpaired) electrons. The number of likely N-dealkylation sites (tertiary alicyclic amines) is 1. The van der Waals surface area contributed by atoms with E-state index in [4.69, 9.17) is 4.98 Å². The van der Waals surface area contributed by atoms with E-state index in [9.17, 15) is 0 Å². The summed E-state index contributed by atoms with van der Waals surface area (Å²) in [5.74, 6) is 0.586. The molecule has 0 aliphatic carbocycles. The van der Waals surface area contributed by atoms with Crippen molar-refractivity contribution in [2.75, 3.05) is 33.2 Å². The first kappa shape index (κ1) is 31.5. The van der Waals surface area contributed by atoms with E-state index in [1.54, 1.807) is 0 Å². The van der Waals surface area contributed by atoms with E-state index in [1.807, 2.05) is 27.1 Å². The third-order valence-corrected chi connectivity index (χ3v) is 8.47. The van der Waals surface area contributed by atoms with Crippen molar-refractivity contribution in [1.29, 1.82) is 0 Å². The lowest BCUT2D eigenvalue weighted by Crippen LogP contribution is -2.32. The van der Waals surface area contributed by atoms with E-state index in [0.29, 0.717) is 5.92 Å². The number of aromatic nitrogens is 2. The van der Waals surface area contributed by atoms with Crippen LogP contribution in [0.3, 0.4) is 0 Å². The van der Waals surface area contributed by atoms with E-state index < -0.39 is 0 Å². The summed E-state index contributed by atoms with van der Waals surface area (Å²) in [6, 6.07) is 22.4. The third-order valence-electron chi connectivity index (χ3n) is 8.47. The monoisotopic (exact) mass is 565 g/mol. The van der Waals surface area contributed by atoms with Crippen LogP contribution in [0.5, 0.6) is 0 Å². The highest BCUT2D eigenvalue weighted by Crippen LogP contribution is 2.33. The number of rotatable bonds is 12. The van der Waals surface area contributed by atoms with Gasteiger partial charge in [-0.1, -0.05) is 82.8 Å². The number of nitrogens with one attached hydrogen (secondary N) is 1. The predicted octanol–water partition coefficient (Wildman–Crippen LogP) is 7.91. The summed E-state index contributed by atoms with van der Waals surface area (Å²) in [5, 5.41) is 4.43. The van der Waals surface area contributed by atoms with Crippen LogP contribution in [0.1, 0.15) is 80.7 Å². The Kier molecular flexibility index (Phi) is 11.8. The van der Waals surface area contributed by atoms with E-state index in [-0.39, 0.29) is 0 Å². The Labute approximate surface area is 254 Å². The minimum atomic E-state index is 0.586. The molecule has 2 aromatic heterocycles. The minimum absolute atomic E-state index is 0.586. The van der Waals surface area contributed by atoms with Crippen LogP contribution in [0, 0.1) is 0 Å². The average Bonchev–Trinajstić information content (AvgIpc) is 3.45. The maximum absolute atomic E-state index is 4.79. The smallest absolute Gasteiger partial charge is 0.140 e. The molecule has 3 heterocycles. The molecule has 1 N–H and O–H groups in total. The molecule has 1 saturated heterocycles. The second-order valence-corrected chi connectivity index (χ2v) is 11.2. The molecule has 5 rings (SSSR count). The predicted molar refractivity (Wildman–Crippen MR) is 180 cm³/mol. The van der Waals surface area contributed by atoms with Crippen LogP contribution in [0.2, 0.25) is 0 Å². The normalized spacial score (nSPS) is 14.1. The van der Waals surface area contributed by atoms with Crippen molar-refractivity contribution in [3.63, 3.8) is 0 Å². The third kappa shape index (κ3) is 7.90. The number of fused-ring (bicyclic) bond motifs is 1. The van der Waals surface area contributed by atoms with Gasteiger partial charge in [0.15, 0.2) is 0 Å². The van der Waals surface area contributed by atoms with Gasteiger partial charge in [0.25, 0.3) is 0 Å². The zero-order valence-electron chi connectivity index (χ0n) is 26.6. The summed E-state index contributed by atoms with van der Waals surface area (Å²) < 4.78 is 2.28. The molecule has 0 bridgehead atoms. The number of hydrogen-bond donors (Lipinski definition) is 1. The molecule has 0 saturated carbocycles. The molecule has 1 aliphatic rings. The molecular weight excluding hydrogens is 514 g/mol. The maximum atomic E-state index is 4.79. The van der Waals surface area contributed by atoms with Crippen molar-refractivity contribution in [2.45, 2.75) is 72.5 Å². The molecule has 5 heteroatoms. The SMILES string of the molecule is C=C(NC)c1ccc(Cn2ccc3c(C4CCN(Cc5cccc(CN(CC)CCC)c5)CC4)ccnc32)cc1.CC. The van der Waals surface area contributed by atoms with Crippen LogP contribution < -0.4 is 5.32 Å². The van der Waals surface area contributed by atoms with Gasteiger partial charge in [-0.2, -0.15) is 0 Å². The van der Waals surface area contributed by atoms with Gasteiger partial charge in [-0.3, -0.25) is 9.80 Å². The zero-order chi connectivity index (χ0) is 29.9. The molecule has 0 amide bonds. The lowest BCUT2D eigenvalue weighted by molar-refractivity contribution is 0.205. The summed E-state index contributed by atoms with van der Waals surface area (Å²) in [6.45, 7) is 20.1. The molecule has 42 heavy (non-hydrogen) atoms. The van der Waals surface area contributed by atoms with E-state index in [0.717, 1.165) is 56.2 Å². The van der Waals surface area contributed by atoms with Crippen molar-refractivity contribution in [3.05, 3.63) is 107 Å². The molecule has 4 aromatic rings. The van der Waals surface area contributed by atoms with Crippen LogP contribution in [-0.4, -0.2) is 52.6 Å². The number of hydrogen-bond acceptors (Lipinski definition) is 4. The standard InChI is InChI=1S/C35H45N5.C2H6/c1-5-19-38(6-2)24-29-8-7-9-30(23-29)25-39-20-15-32(16-21-39)33-14-18-37-35-34(33)17-22-40(35)26-28-10-12-31(13-11-28)27(3)36-4;1-2/h7-14,17-18,22-23,32,36H,3,5-6,15-16,19-21,24-26H2,1-2,4H3;1-2H3. The first-order chi connectivity index (χ1) is 20.6. The fourth-order valence-electron chi connectivity index (χ4n) is 6.16. The van der Waals surface area contributed by atoms with E-state index >= 15 is 0 Å². The second kappa shape index (κ2) is 15.7. The Morgan fingerprint density at radius 1 is 0.952 bits per heavy atom. The molecule has 5 nitrogen and oxygen atoms in total. The number of benzene rings is 2. The Morgan fingerprint density at radius 3 is 2.38 bits per heavy atom. The highest BCUT2D eigenvalue weighted by Gasteiger charge is 2.23. The Balaban J connectivity index is 0.00000198. The summed E-state index contributed by atoms with van der Waals surface area (Å²) in [5.41, 5.74) is 8.75. The summed E-state index contributed by atoms with van der Waals surface area (Å²) >= 11 is 0. The van der Waals surface area contributed by atoms with Gasteiger partial charge in [0.2, 0.25) is 0 Å². The zero-order valence-corrected chi connectivity index (χ0v) is 26.6. The van der Waals surface area contributed by atoms with Gasteiger partial charge in [-0.05, 0) is 91.3 Å².